The van der Waals surface area contributed by atoms with E-state index in [0.29, 0.717) is 18.2 Å². The molecular formula is C15H24ClN3O2. The van der Waals surface area contributed by atoms with Gasteiger partial charge >= 0.3 is 0 Å². The lowest BCUT2D eigenvalue weighted by Gasteiger charge is -2.22. The second kappa shape index (κ2) is 10.3. The number of likely N-dealkylation sites (N-methyl/N-ethyl adjacent to an activating group) is 1. The van der Waals surface area contributed by atoms with Crippen LogP contribution < -0.4 is 10.1 Å². The van der Waals surface area contributed by atoms with Crippen molar-refractivity contribution in [1.29, 1.82) is 0 Å². The Morgan fingerprint density at radius 3 is 2.62 bits per heavy atom. The van der Waals surface area contributed by atoms with Crippen molar-refractivity contribution in [1.82, 2.24) is 10.2 Å². The Labute approximate surface area is 131 Å². The predicted octanol–water partition coefficient (Wildman–Crippen LogP) is 2.26. The van der Waals surface area contributed by atoms with Crippen molar-refractivity contribution in [3.05, 3.63) is 29.3 Å². The first-order valence-electron chi connectivity index (χ1n) is 7.05. The fourth-order valence-electron chi connectivity index (χ4n) is 1.70. The summed E-state index contributed by atoms with van der Waals surface area (Å²) in [4.78, 5) is 6.24. The fraction of sp³-hybridized carbons (Fsp3) is 0.533. The molecule has 21 heavy (non-hydrogen) atoms. The minimum absolute atomic E-state index is 0.574. The van der Waals surface area contributed by atoms with Gasteiger partial charge in [0, 0.05) is 32.3 Å². The molecule has 6 heteroatoms. The van der Waals surface area contributed by atoms with Gasteiger partial charge < -0.3 is 19.7 Å². The highest BCUT2D eigenvalue weighted by molar-refractivity contribution is 6.30. The molecule has 5 nitrogen and oxygen atoms in total. The number of ether oxygens (including phenoxy) is 2. The summed E-state index contributed by atoms with van der Waals surface area (Å²) < 4.78 is 10.9. The third-order valence-corrected chi connectivity index (χ3v) is 3.07. The van der Waals surface area contributed by atoms with Crippen molar-refractivity contribution < 1.29 is 9.47 Å². The lowest BCUT2D eigenvalue weighted by molar-refractivity contribution is 0.152. The maximum atomic E-state index is 5.83. The zero-order valence-electron chi connectivity index (χ0n) is 12.9. The van der Waals surface area contributed by atoms with E-state index < -0.39 is 0 Å². The van der Waals surface area contributed by atoms with Crippen LogP contribution in [0.5, 0.6) is 5.75 Å². The minimum atomic E-state index is 0.574. The maximum absolute atomic E-state index is 5.83. The molecule has 0 amide bonds. The standard InChI is InChI=1S/C15H24ClN3O2/c1-4-20-11-9-18-15(17-2)19(3)10-12-21-14-7-5-13(16)6-8-14/h5-8H,4,9-12H2,1-3H3,(H,17,18). The average molecular weight is 314 g/mol. The largest absolute Gasteiger partial charge is 0.492 e. The molecule has 0 aliphatic rings. The van der Waals surface area contributed by atoms with Crippen LogP contribution in [0.4, 0.5) is 0 Å². The zero-order chi connectivity index (χ0) is 15.5. The van der Waals surface area contributed by atoms with Gasteiger partial charge in [-0.3, -0.25) is 4.99 Å². The number of aliphatic imine (C=N–C) groups is 1. The Morgan fingerprint density at radius 2 is 2.00 bits per heavy atom. The molecule has 0 bridgehead atoms. The Balaban J connectivity index is 2.27. The van der Waals surface area contributed by atoms with Crippen LogP contribution in [0.3, 0.4) is 0 Å². The van der Waals surface area contributed by atoms with Gasteiger partial charge in [-0.1, -0.05) is 11.6 Å². The summed E-state index contributed by atoms with van der Waals surface area (Å²) >= 11 is 5.83. The van der Waals surface area contributed by atoms with Crippen LogP contribution in [0.25, 0.3) is 0 Å². The molecule has 0 radical (unpaired) electrons. The summed E-state index contributed by atoms with van der Waals surface area (Å²) in [6.45, 7) is 5.43. The average Bonchev–Trinajstić information content (AvgIpc) is 2.49. The molecule has 0 saturated carbocycles. The first kappa shape index (κ1) is 17.6. The molecule has 0 fully saturated rings. The van der Waals surface area contributed by atoms with Gasteiger partial charge in [-0.05, 0) is 31.2 Å². The zero-order valence-corrected chi connectivity index (χ0v) is 13.7. The van der Waals surface area contributed by atoms with Gasteiger partial charge in [0.25, 0.3) is 0 Å². The summed E-state index contributed by atoms with van der Waals surface area (Å²) in [5, 5.41) is 3.94. The van der Waals surface area contributed by atoms with E-state index in [9.17, 15) is 0 Å². The smallest absolute Gasteiger partial charge is 0.193 e. The first-order valence-corrected chi connectivity index (χ1v) is 7.43. The summed E-state index contributed by atoms with van der Waals surface area (Å²) in [6, 6.07) is 7.35. The molecule has 1 aromatic carbocycles. The number of guanidine groups is 1. The molecule has 0 aliphatic heterocycles. The Morgan fingerprint density at radius 1 is 1.29 bits per heavy atom. The molecule has 0 aliphatic carbocycles. The normalized spacial score (nSPS) is 11.3. The van der Waals surface area contributed by atoms with Crippen LogP contribution in [0.15, 0.2) is 29.3 Å². The van der Waals surface area contributed by atoms with Crippen LogP contribution in [-0.4, -0.2) is 57.9 Å². The molecule has 0 heterocycles. The SMILES string of the molecule is CCOCCNC(=NC)N(C)CCOc1ccc(Cl)cc1. The lowest BCUT2D eigenvalue weighted by Crippen LogP contribution is -2.42. The van der Waals surface area contributed by atoms with Gasteiger partial charge in [-0.15, -0.1) is 0 Å². The van der Waals surface area contributed by atoms with Crippen molar-refractivity contribution in [3.8, 4) is 5.75 Å². The Bertz CT molecular complexity index is 423. The first-order chi connectivity index (χ1) is 10.2. The Hall–Kier alpha value is -1.46. The topological polar surface area (TPSA) is 46.1 Å². The number of hydrogen-bond acceptors (Lipinski definition) is 3. The lowest BCUT2D eigenvalue weighted by atomic mass is 10.3. The van der Waals surface area contributed by atoms with Crippen LogP contribution >= 0.6 is 11.6 Å². The second-order valence-electron chi connectivity index (χ2n) is 4.39. The van der Waals surface area contributed by atoms with E-state index >= 15 is 0 Å². The van der Waals surface area contributed by atoms with Gasteiger partial charge in [-0.25, -0.2) is 0 Å². The Kier molecular flexibility index (Phi) is 8.62. The van der Waals surface area contributed by atoms with Crippen molar-refractivity contribution in [2.75, 3.05) is 47.0 Å². The highest BCUT2D eigenvalue weighted by Gasteiger charge is 2.05. The van der Waals surface area contributed by atoms with E-state index in [-0.39, 0.29) is 0 Å². The fourth-order valence-corrected chi connectivity index (χ4v) is 1.83. The molecule has 0 unspecified atom stereocenters. The van der Waals surface area contributed by atoms with Crippen LogP contribution in [0.1, 0.15) is 6.92 Å². The third kappa shape index (κ3) is 7.20. The van der Waals surface area contributed by atoms with Gasteiger partial charge in [0.15, 0.2) is 5.96 Å². The monoisotopic (exact) mass is 313 g/mol. The molecule has 1 aromatic rings. The van der Waals surface area contributed by atoms with Gasteiger partial charge in [0.05, 0.1) is 13.2 Å². The molecule has 118 valence electrons. The van der Waals surface area contributed by atoms with Crippen molar-refractivity contribution in [2.24, 2.45) is 4.99 Å². The quantitative estimate of drug-likeness (QED) is 0.454. The molecule has 0 atom stereocenters. The van der Waals surface area contributed by atoms with E-state index in [2.05, 4.69) is 10.3 Å². The molecular weight excluding hydrogens is 290 g/mol. The molecule has 0 aromatic heterocycles. The minimum Gasteiger partial charge on any atom is -0.492 e. The van der Waals surface area contributed by atoms with Crippen LogP contribution in [0.2, 0.25) is 5.02 Å². The number of hydrogen-bond donors (Lipinski definition) is 1. The van der Waals surface area contributed by atoms with E-state index in [0.717, 1.165) is 31.4 Å². The van der Waals surface area contributed by atoms with Crippen LogP contribution in [-0.2, 0) is 4.74 Å². The highest BCUT2D eigenvalue weighted by atomic mass is 35.5. The third-order valence-electron chi connectivity index (χ3n) is 2.82. The maximum Gasteiger partial charge on any atom is 0.193 e. The summed E-state index contributed by atoms with van der Waals surface area (Å²) in [5.41, 5.74) is 0. The molecule has 1 N–H and O–H groups in total. The van der Waals surface area contributed by atoms with Gasteiger partial charge in [-0.2, -0.15) is 0 Å². The number of benzene rings is 1. The second-order valence-corrected chi connectivity index (χ2v) is 4.83. The van der Waals surface area contributed by atoms with E-state index in [1.165, 1.54) is 0 Å². The summed E-state index contributed by atoms with van der Waals surface area (Å²) in [6.07, 6.45) is 0. The van der Waals surface area contributed by atoms with Gasteiger partial charge in [0.1, 0.15) is 12.4 Å². The predicted molar refractivity (Wildman–Crippen MR) is 87.4 cm³/mol. The molecule has 0 spiro atoms. The number of nitrogens with one attached hydrogen (secondary N) is 1. The summed E-state index contributed by atoms with van der Waals surface area (Å²) in [7, 11) is 3.74. The van der Waals surface area contributed by atoms with Crippen molar-refractivity contribution in [3.63, 3.8) is 0 Å². The van der Waals surface area contributed by atoms with Crippen LogP contribution in [0, 0.1) is 0 Å². The number of rotatable bonds is 8. The van der Waals surface area contributed by atoms with E-state index in [1.807, 2.05) is 43.1 Å². The molecule has 1 rings (SSSR count). The number of halogens is 1. The van der Waals surface area contributed by atoms with E-state index in [4.69, 9.17) is 21.1 Å². The van der Waals surface area contributed by atoms with Crippen molar-refractivity contribution in [2.45, 2.75) is 6.92 Å². The molecule has 0 saturated heterocycles. The number of nitrogens with zero attached hydrogens (tertiary/aromatic N) is 2. The van der Waals surface area contributed by atoms with Gasteiger partial charge in [0.2, 0.25) is 0 Å². The van der Waals surface area contributed by atoms with E-state index in [1.54, 1.807) is 7.05 Å². The highest BCUT2D eigenvalue weighted by Crippen LogP contribution is 2.15. The summed E-state index contributed by atoms with van der Waals surface area (Å²) in [5.74, 6) is 1.64. The van der Waals surface area contributed by atoms with Crippen molar-refractivity contribution >= 4 is 17.6 Å².